The lowest BCUT2D eigenvalue weighted by Gasteiger charge is -2.19. The maximum absolute atomic E-state index is 11.8. The molecule has 1 amide bonds. The lowest BCUT2D eigenvalue weighted by Crippen LogP contribution is -2.35. The van der Waals surface area contributed by atoms with Crippen molar-refractivity contribution in [2.24, 2.45) is 0 Å². The quantitative estimate of drug-likeness (QED) is 0.644. The normalized spacial score (nSPS) is 10.1. The molecule has 0 aliphatic carbocycles. The van der Waals surface area contributed by atoms with Crippen molar-refractivity contribution in [3.05, 3.63) is 33.3 Å². The van der Waals surface area contributed by atoms with Gasteiger partial charge in [-0.15, -0.1) is 0 Å². The highest BCUT2D eigenvalue weighted by atomic mass is 35.5. The van der Waals surface area contributed by atoms with E-state index in [1.807, 2.05) is 13.8 Å². The Morgan fingerprint density at radius 1 is 1.42 bits per heavy atom. The second kappa shape index (κ2) is 6.94. The van der Waals surface area contributed by atoms with Crippen LogP contribution < -0.4 is 5.32 Å². The molecular weight excluding hydrogens is 270 g/mol. The molecule has 7 heteroatoms. The first-order chi connectivity index (χ1) is 9.01. The summed E-state index contributed by atoms with van der Waals surface area (Å²) in [5.74, 6) is -0.126. The zero-order valence-corrected chi connectivity index (χ0v) is 11.6. The van der Waals surface area contributed by atoms with E-state index in [2.05, 4.69) is 5.32 Å². The highest BCUT2D eigenvalue weighted by Crippen LogP contribution is 2.31. The van der Waals surface area contributed by atoms with Gasteiger partial charge in [-0.1, -0.05) is 17.7 Å². The minimum atomic E-state index is -0.532. The van der Waals surface area contributed by atoms with Crippen LogP contribution in [0.4, 0.5) is 11.4 Å². The van der Waals surface area contributed by atoms with E-state index in [9.17, 15) is 14.9 Å². The van der Waals surface area contributed by atoms with Crippen molar-refractivity contribution < 1.29 is 9.72 Å². The van der Waals surface area contributed by atoms with E-state index in [4.69, 9.17) is 11.6 Å². The molecule has 0 saturated carbocycles. The molecular formula is C12H16ClN3O3. The molecule has 0 aliphatic rings. The number of likely N-dealkylation sites (N-methyl/N-ethyl adjacent to an activating group) is 1. The van der Waals surface area contributed by atoms with Gasteiger partial charge in [-0.3, -0.25) is 14.9 Å². The number of hydrogen-bond donors (Lipinski definition) is 1. The van der Waals surface area contributed by atoms with Gasteiger partial charge in [0.15, 0.2) is 0 Å². The highest BCUT2D eigenvalue weighted by Gasteiger charge is 2.18. The molecule has 104 valence electrons. The van der Waals surface area contributed by atoms with Crippen LogP contribution in [0, 0.1) is 10.1 Å². The number of carbonyl (C=O) groups excluding carboxylic acids is 1. The molecule has 1 aromatic carbocycles. The van der Waals surface area contributed by atoms with Gasteiger partial charge in [0.2, 0.25) is 5.91 Å². The zero-order chi connectivity index (χ0) is 14.4. The third-order valence-corrected chi connectivity index (χ3v) is 3.04. The maximum Gasteiger partial charge on any atom is 0.293 e. The van der Waals surface area contributed by atoms with E-state index in [1.54, 1.807) is 11.0 Å². The van der Waals surface area contributed by atoms with Crippen LogP contribution in [0.1, 0.15) is 13.8 Å². The molecule has 0 fully saturated rings. The highest BCUT2D eigenvalue weighted by molar-refractivity contribution is 6.33. The molecule has 0 spiro atoms. The van der Waals surface area contributed by atoms with Gasteiger partial charge >= 0.3 is 0 Å². The fourth-order valence-corrected chi connectivity index (χ4v) is 1.93. The number of carbonyl (C=O) groups is 1. The van der Waals surface area contributed by atoms with Crippen LogP contribution in [-0.4, -0.2) is 35.4 Å². The van der Waals surface area contributed by atoms with Gasteiger partial charge in [0.05, 0.1) is 16.5 Å². The molecule has 0 saturated heterocycles. The number of halogens is 1. The van der Waals surface area contributed by atoms with Crippen LogP contribution in [0.2, 0.25) is 5.02 Å². The topological polar surface area (TPSA) is 75.5 Å². The number of nitrogens with one attached hydrogen (secondary N) is 1. The van der Waals surface area contributed by atoms with Crippen molar-refractivity contribution in [3.8, 4) is 0 Å². The predicted octanol–water partition coefficient (Wildman–Crippen LogP) is 2.53. The Kier molecular flexibility index (Phi) is 5.57. The van der Waals surface area contributed by atoms with Crippen LogP contribution in [0.5, 0.6) is 0 Å². The molecule has 0 unspecified atom stereocenters. The molecule has 0 radical (unpaired) electrons. The van der Waals surface area contributed by atoms with Crippen molar-refractivity contribution in [1.29, 1.82) is 0 Å². The van der Waals surface area contributed by atoms with E-state index in [0.717, 1.165) is 0 Å². The van der Waals surface area contributed by atoms with Crippen molar-refractivity contribution in [2.75, 3.05) is 25.0 Å². The second-order valence-corrected chi connectivity index (χ2v) is 4.22. The summed E-state index contributed by atoms with van der Waals surface area (Å²) in [6.07, 6.45) is 0. The Bertz CT molecular complexity index is 475. The Labute approximate surface area is 116 Å². The van der Waals surface area contributed by atoms with Crippen molar-refractivity contribution in [3.63, 3.8) is 0 Å². The summed E-state index contributed by atoms with van der Waals surface area (Å²) < 4.78 is 0. The largest absolute Gasteiger partial charge is 0.369 e. The van der Waals surface area contributed by atoms with Gasteiger partial charge in [0.25, 0.3) is 5.69 Å². The number of para-hydroxylation sites is 1. The van der Waals surface area contributed by atoms with Crippen LogP contribution in [0.3, 0.4) is 0 Å². The number of nitrogens with zero attached hydrogens (tertiary/aromatic N) is 2. The van der Waals surface area contributed by atoms with Crippen molar-refractivity contribution in [1.82, 2.24) is 4.90 Å². The molecule has 6 nitrogen and oxygen atoms in total. The third kappa shape index (κ3) is 3.82. The van der Waals surface area contributed by atoms with E-state index in [1.165, 1.54) is 12.1 Å². The van der Waals surface area contributed by atoms with Gasteiger partial charge in [0.1, 0.15) is 5.69 Å². The summed E-state index contributed by atoms with van der Waals surface area (Å²) in [5.41, 5.74) is 0.0366. The Morgan fingerprint density at radius 3 is 2.58 bits per heavy atom. The van der Waals surface area contributed by atoms with Crippen LogP contribution in [-0.2, 0) is 4.79 Å². The summed E-state index contributed by atoms with van der Waals surface area (Å²) in [5, 5.41) is 13.8. The second-order valence-electron chi connectivity index (χ2n) is 3.81. The molecule has 1 N–H and O–H groups in total. The number of amides is 1. The van der Waals surface area contributed by atoms with Crippen molar-refractivity contribution >= 4 is 28.9 Å². The van der Waals surface area contributed by atoms with E-state index in [0.29, 0.717) is 13.1 Å². The summed E-state index contributed by atoms with van der Waals surface area (Å²) >= 11 is 5.91. The molecule has 1 aromatic rings. The molecule has 19 heavy (non-hydrogen) atoms. The SMILES string of the molecule is CCN(CC)C(=O)CNc1c(Cl)cccc1[N+](=O)[O-]. The van der Waals surface area contributed by atoms with Crippen molar-refractivity contribution in [2.45, 2.75) is 13.8 Å². The van der Waals surface area contributed by atoms with Crippen LogP contribution >= 0.6 is 11.6 Å². The fraction of sp³-hybridized carbons (Fsp3) is 0.417. The Morgan fingerprint density at radius 2 is 2.05 bits per heavy atom. The lowest BCUT2D eigenvalue weighted by atomic mass is 10.2. The number of hydrogen-bond acceptors (Lipinski definition) is 4. The Hall–Kier alpha value is -1.82. The summed E-state index contributed by atoms with van der Waals surface area (Å²) in [6.45, 7) is 4.92. The lowest BCUT2D eigenvalue weighted by molar-refractivity contribution is -0.383. The first-order valence-corrected chi connectivity index (χ1v) is 6.33. The standard InChI is InChI=1S/C12H16ClN3O3/c1-3-15(4-2)11(17)8-14-12-9(13)6-5-7-10(12)16(18)19/h5-7,14H,3-4,8H2,1-2H3. The van der Waals surface area contributed by atoms with E-state index < -0.39 is 4.92 Å². The monoisotopic (exact) mass is 285 g/mol. The molecule has 0 atom stereocenters. The average molecular weight is 286 g/mol. The molecule has 0 aliphatic heterocycles. The molecule has 1 rings (SSSR count). The Balaban J connectivity index is 2.83. The van der Waals surface area contributed by atoms with Gasteiger partial charge in [0, 0.05) is 19.2 Å². The van der Waals surface area contributed by atoms with Gasteiger partial charge in [-0.25, -0.2) is 0 Å². The summed E-state index contributed by atoms with van der Waals surface area (Å²) in [7, 11) is 0. The van der Waals surface area contributed by atoms with E-state index in [-0.39, 0.29) is 28.8 Å². The molecule has 0 aromatic heterocycles. The van der Waals surface area contributed by atoms with Crippen LogP contribution in [0.25, 0.3) is 0 Å². The molecule has 0 bridgehead atoms. The maximum atomic E-state index is 11.8. The molecule has 0 heterocycles. The fourth-order valence-electron chi connectivity index (χ4n) is 1.69. The zero-order valence-electron chi connectivity index (χ0n) is 10.9. The number of nitro benzene ring substituents is 1. The first-order valence-electron chi connectivity index (χ1n) is 5.95. The van der Waals surface area contributed by atoms with Gasteiger partial charge in [-0.05, 0) is 19.9 Å². The van der Waals surface area contributed by atoms with Gasteiger partial charge in [-0.2, -0.15) is 0 Å². The van der Waals surface area contributed by atoms with Crippen LogP contribution in [0.15, 0.2) is 18.2 Å². The number of rotatable bonds is 6. The smallest absolute Gasteiger partial charge is 0.293 e. The number of anilines is 1. The minimum absolute atomic E-state index is 0.0216. The number of nitro groups is 1. The average Bonchev–Trinajstić information content (AvgIpc) is 2.38. The summed E-state index contributed by atoms with van der Waals surface area (Å²) in [6, 6.07) is 4.38. The summed E-state index contributed by atoms with van der Waals surface area (Å²) in [4.78, 5) is 23.8. The van der Waals surface area contributed by atoms with E-state index >= 15 is 0 Å². The van der Waals surface area contributed by atoms with Gasteiger partial charge < -0.3 is 10.2 Å². The third-order valence-electron chi connectivity index (χ3n) is 2.72. The minimum Gasteiger partial charge on any atom is -0.369 e. The first kappa shape index (κ1) is 15.2. The predicted molar refractivity (Wildman–Crippen MR) is 74.5 cm³/mol. The number of benzene rings is 1.